The molecule has 116 valence electrons. The molecular formula is C19H16ClNO2. The van der Waals surface area contributed by atoms with Crippen LogP contribution in [0.15, 0.2) is 72.8 Å². The van der Waals surface area contributed by atoms with Gasteiger partial charge < -0.3 is 15.1 Å². The Morgan fingerprint density at radius 1 is 0.783 bits per heavy atom. The van der Waals surface area contributed by atoms with Crippen molar-refractivity contribution in [2.24, 2.45) is 0 Å². The average Bonchev–Trinajstić information content (AvgIpc) is 2.56. The predicted molar refractivity (Wildman–Crippen MR) is 93.5 cm³/mol. The smallest absolute Gasteiger partial charge is 0.134 e. The number of rotatable bonds is 4. The molecule has 0 aliphatic heterocycles. The number of benzene rings is 3. The van der Waals surface area contributed by atoms with Gasteiger partial charge in [0.05, 0.1) is 5.02 Å². The Labute approximate surface area is 140 Å². The van der Waals surface area contributed by atoms with E-state index in [1.807, 2.05) is 41.3 Å². The molecule has 0 heterocycles. The zero-order chi connectivity index (χ0) is 16.2. The second kappa shape index (κ2) is 6.63. The molecule has 0 fully saturated rings. The first-order valence-corrected chi connectivity index (χ1v) is 7.60. The molecule has 0 aliphatic carbocycles. The van der Waals surface area contributed by atoms with E-state index in [4.69, 9.17) is 11.6 Å². The molecule has 0 unspecified atom stereocenters. The van der Waals surface area contributed by atoms with Gasteiger partial charge in [-0.3, -0.25) is 0 Å². The first-order valence-electron chi connectivity index (χ1n) is 7.22. The number of phenols is 2. The van der Waals surface area contributed by atoms with E-state index in [0.717, 1.165) is 16.9 Å². The molecule has 0 aliphatic rings. The van der Waals surface area contributed by atoms with Crippen LogP contribution in [0, 0.1) is 0 Å². The molecule has 4 heteroatoms. The zero-order valence-corrected chi connectivity index (χ0v) is 13.1. The normalized spacial score (nSPS) is 10.5. The van der Waals surface area contributed by atoms with Gasteiger partial charge in [-0.05, 0) is 35.9 Å². The van der Waals surface area contributed by atoms with Crippen LogP contribution in [-0.4, -0.2) is 10.2 Å². The topological polar surface area (TPSA) is 43.7 Å². The fourth-order valence-electron chi connectivity index (χ4n) is 2.42. The fourth-order valence-corrected chi connectivity index (χ4v) is 2.60. The Bertz CT molecular complexity index is 805. The summed E-state index contributed by atoms with van der Waals surface area (Å²) in [5.74, 6) is 0.247. The van der Waals surface area contributed by atoms with Crippen molar-refractivity contribution in [1.82, 2.24) is 0 Å². The third-order valence-corrected chi connectivity index (χ3v) is 3.87. The largest absolute Gasteiger partial charge is 0.508 e. The van der Waals surface area contributed by atoms with E-state index in [1.165, 1.54) is 0 Å². The highest BCUT2D eigenvalue weighted by molar-refractivity contribution is 6.32. The lowest BCUT2D eigenvalue weighted by atomic mass is 10.1. The van der Waals surface area contributed by atoms with Crippen molar-refractivity contribution in [2.45, 2.75) is 6.54 Å². The van der Waals surface area contributed by atoms with Gasteiger partial charge in [-0.2, -0.15) is 0 Å². The lowest BCUT2D eigenvalue weighted by molar-refractivity contribution is 0.474. The summed E-state index contributed by atoms with van der Waals surface area (Å²) in [4.78, 5) is 2.03. The molecule has 2 N–H and O–H groups in total. The van der Waals surface area contributed by atoms with Crippen LogP contribution in [0.5, 0.6) is 11.5 Å². The van der Waals surface area contributed by atoms with E-state index in [-0.39, 0.29) is 11.5 Å². The number of anilines is 2. The highest BCUT2D eigenvalue weighted by Gasteiger charge is 2.12. The molecule has 0 saturated heterocycles. The number of halogens is 1. The van der Waals surface area contributed by atoms with Crippen molar-refractivity contribution < 1.29 is 10.2 Å². The van der Waals surface area contributed by atoms with E-state index in [9.17, 15) is 10.2 Å². The molecule has 3 nitrogen and oxygen atoms in total. The van der Waals surface area contributed by atoms with Crippen LogP contribution in [-0.2, 0) is 6.54 Å². The van der Waals surface area contributed by atoms with Crippen LogP contribution < -0.4 is 4.90 Å². The maximum atomic E-state index is 9.78. The Morgan fingerprint density at radius 2 is 1.52 bits per heavy atom. The molecular weight excluding hydrogens is 310 g/mol. The quantitative estimate of drug-likeness (QED) is 0.702. The van der Waals surface area contributed by atoms with E-state index in [1.54, 1.807) is 36.4 Å². The van der Waals surface area contributed by atoms with Gasteiger partial charge in [-0.15, -0.1) is 0 Å². The van der Waals surface area contributed by atoms with Crippen LogP contribution in [0.25, 0.3) is 0 Å². The maximum absolute atomic E-state index is 9.78. The van der Waals surface area contributed by atoms with Crippen molar-refractivity contribution in [2.75, 3.05) is 4.90 Å². The third-order valence-electron chi connectivity index (χ3n) is 3.57. The van der Waals surface area contributed by atoms with Crippen molar-refractivity contribution >= 4 is 23.0 Å². The molecule has 0 aromatic heterocycles. The van der Waals surface area contributed by atoms with Gasteiger partial charge in [0.2, 0.25) is 0 Å². The zero-order valence-electron chi connectivity index (χ0n) is 12.4. The molecule has 3 aromatic rings. The predicted octanol–water partition coefficient (Wildman–Crippen LogP) is 5.09. The Kier molecular flexibility index (Phi) is 4.40. The lowest BCUT2D eigenvalue weighted by Crippen LogP contribution is -2.16. The summed E-state index contributed by atoms with van der Waals surface area (Å²) in [5.41, 5.74) is 2.80. The lowest BCUT2D eigenvalue weighted by Gasteiger charge is -2.25. The van der Waals surface area contributed by atoms with Crippen LogP contribution in [0.2, 0.25) is 5.02 Å². The van der Waals surface area contributed by atoms with Gasteiger partial charge in [0.1, 0.15) is 11.5 Å². The number of phenolic OH excluding ortho intramolecular Hbond substituents is 2. The van der Waals surface area contributed by atoms with E-state index in [0.29, 0.717) is 11.6 Å². The molecule has 0 bridgehead atoms. The van der Waals surface area contributed by atoms with Gasteiger partial charge in [0.25, 0.3) is 0 Å². The van der Waals surface area contributed by atoms with Crippen molar-refractivity contribution in [3.63, 3.8) is 0 Å². The van der Waals surface area contributed by atoms with Crippen LogP contribution in [0.1, 0.15) is 5.56 Å². The minimum absolute atomic E-state index is 0.0472. The summed E-state index contributed by atoms with van der Waals surface area (Å²) in [6.45, 7) is 0.616. The first kappa shape index (κ1) is 15.3. The Balaban J connectivity index is 2.03. The average molecular weight is 326 g/mol. The standard InChI is InChI=1S/C19H16ClNO2/c20-18-12-16(9-10-19(18)23)21(13-14-5-2-1-3-6-14)15-7-4-8-17(22)11-15/h1-12,22-23H,13H2. The summed E-state index contributed by atoms with van der Waals surface area (Å²) < 4.78 is 0. The highest BCUT2D eigenvalue weighted by atomic mass is 35.5. The Morgan fingerprint density at radius 3 is 2.22 bits per heavy atom. The first-order chi connectivity index (χ1) is 11.1. The van der Waals surface area contributed by atoms with Gasteiger partial charge in [0.15, 0.2) is 0 Å². The monoisotopic (exact) mass is 325 g/mol. The molecule has 0 saturated carbocycles. The second-order valence-corrected chi connectivity index (χ2v) is 5.63. The fraction of sp³-hybridized carbons (Fsp3) is 0.0526. The summed E-state index contributed by atoms with van der Waals surface area (Å²) in [5, 5.41) is 19.7. The minimum atomic E-state index is 0.0472. The summed E-state index contributed by atoms with van der Waals surface area (Å²) in [7, 11) is 0. The Hall–Kier alpha value is -2.65. The minimum Gasteiger partial charge on any atom is -0.508 e. The van der Waals surface area contributed by atoms with Crippen LogP contribution in [0.3, 0.4) is 0 Å². The molecule has 0 amide bonds. The molecule has 3 aromatic carbocycles. The van der Waals surface area contributed by atoms with Crippen LogP contribution >= 0.6 is 11.6 Å². The molecule has 23 heavy (non-hydrogen) atoms. The highest BCUT2D eigenvalue weighted by Crippen LogP contribution is 2.34. The van der Waals surface area contributed by atoms with E-state index >= 15 is 0 Å². The van der Waals surface area contributed by atoms with Gasteiger partial charge in [-0.1, -0.05) is 48.0 Å². The van der Waals surface area contributed by atoms with E-state index < -0.39 is 0 Å². The third kappa shape index (κ3) is 3.58. The number of hydrogen-bond acceptors (Lipinski definition) is 3. The molecule has 0 spiro atoms. The molecule has 0 atom stereocenters. The number of hydrogen-bond donors (Lipinski definition) is 2. The van der Waals surface area contributed by atoms with Gasteiger partial charge >= 0.3 is 0 Å². The van der Waals surface area contributed by atoms with Crippen molar-refractivity contribution in [3.05, 3.63) is 83.4 Å². The molecule has 0 radical (unpaired) electrons. The van der Waals surface area contributed by atoms with Crippen LogP contribution in [0.4, 0.5) is 11.4 Å². The van der Waals surface area contributed by atoms with Gasteiger partial charge in [0, 0.05) is 24.0 Å². The summed E-state index contributed by atoms with van der Waals surface area (Å²) in [6.07, 6.45) is 0. The summed E-state index contributed by atoms with van der Waals surface area (Å²) >= 11 is 6.05. The van der Waals surface area contributed by atoms with Gasteiger partial charge in [-0.25, -0.2) is 0 Å². The summed E-state index contributed by atoms with van der Waals surface area (Å²) in [6, 6.07) is 22.1. The van der Waals surface area contributed by atoms with E-state index in [2.05, 4.69) is 0 Å². The SMILES string of the molecule is Oc1cccc(N(Cc2ccccc2)c2ccc(O)c(Cl)c2)c1. The second-order valence-electron chi connectivity index (χ2n) is 5.23. The maximum Gasteiger partial charge on any atom is 0.134 e. The van der Waals surface area contributed by atoms with Crippen molar-refractivity contribution in [3.8, 4) is 11.5 Å². The number of nitrogens with zero attached hydrogens (tertiary/aromatic N) is 1. The van der Waals surface area contributed by atoms with Crippen molar-refractivity contribution in [1.29, 1.82) is 0 Å². The molecule has 3 rings (SSSR count). The number of aromatic hydroxyl groups is 2.